The van der Waals surface area contributed by atoms with Crippen LogP contribution in [-0.2, 0) is 4.79 Å². The Hall–Kier alpha value is -2.20. The number of carbonyl (C=O) groups excluding carboxylic acids is 1. The third-order valence-electron chi connectivity index (χ3n) is 2.28. The van der Waals surface area contributed by atoms with Gasteiger partial charge >= 0.3 is 0 Å². The fraction of sp³-hybridized carbons (Fsp3) is 0.538. The van der Waals surface area contributed by atoms with E-state index in [4.69, 9.17) is 5.26 Å². The zero-order chi connectivity index (χ0) is 15.1. The minimum atomic E-state index is -0.132. The zero-order valence-electron chi connectivity index (χ0n) is 12.3. The first kappa shape index (κ1) is 15.9. The molecule has 0 spiro atoms. The van der Waals surface area contributed by atoms with Crippen molar-refractivity contribution in [3.05, 3.63) is 18.1 Å². The lowest BCUT2D eigenvalue weighted by atomic mass is 10.2. The summed E-state index contributed by atoms with van der Waals surface area (Å²) >= 11 is 0. The largest absolute Gasteiger partial charge is 0.301 e. The van der Waals surface area contributed by atoms with Gasteiger partial charge in [-0.1, -0.05) is 13.8 Å². The van der Waals surface area contributed by atoms with Crippen molar-refractivity contribution in [1.82, 2.24) is 20.3 Å². The Balaban J connectivity index is 2.88. The van der Waals surface area contributed by atoms with E-state index in [1.54, 1.807) is 16.0 Å². The molecule has 0 aliphatic carbocycles. The monoisotopic (exact) mass is 276 g/mol. The molecule has 108 valence electrons. The average molecular weight is 276 g/mol. The van der Waals surface area contributed by atoms with E-state index < -0.39 is 0 Å². The van der Waals surface area contributed by atoms with Crippen LogP contribution in [0.15, 0.2) is 12.3 Å². The second-order valence-electron chi connectivity index (χ2n) is 5.13. The van der Waals surface area contributed by atoms with E-state index in [0.29, 0.717) is 18.3 Å². The Morgan fingerprint density at radius 1 is 1.50 bits per heavy atom. The Morgan fingerprint density at radius 2 is 2.20 bits per heavy atom. The minimum absolute atomic E-state index is 0.0816. The predicted molar refractivity (Wildman–Crippen MR) is 75.6 cm³/mol. The minimum Gasteiger partial charge on any atom is -0.301 e. The van der Waals surface area contributed by atoms with Crippen molar-refractivity contribution in [3.63, 3.8) is 0 Å². The quantitative estimate of drug-likeness (QED) is 0.757. The Labute approximate surface area is 119 Å². The highest BCUT2D eigenvalue weighted by atomic mass is 16.2. The van der Waals surface area contributed by atoms with Gasteiger partial charge in [0, 0.05) is 18.8 Å². The Morgan fingerprint density at radius 3 is 2.75 bits per heavy atom. The number of aromatic nitrogens is 2. The van der Waals surface area contributed by atoms with Gasteiger partial charge in [-0.3, -0.25) is 15.2 Å². The molecule has 1 amide bonds. The van der Waals surface area contributed by atoms with E-state index in [0.717, 1.165) is 0 Å². The highest BCUT2D eigenvalue weighted by molar-refractivity contribution is 5.79. The molecule has 7 heteroatoms. The fourth-order valence-corrected chi connectivity index (χ4v) is 1.59. The molecule has 0 unspecified atom stereocenters. The van der Waals surface area contributed by atoms with Crippen LogP contribution >= 0.6 is 0 Å². The van der Waals surface area contributed by atoms with Gasteiger partial charge in [0.2, 0.25) is 5.82 Å². The summed E-state index contributed by atoms with van der Waals surface area (Å²) in [6.45, 7) is 4.96. The van der Waals surface area contributed by atoms with Gasteiger partial charge in [0.05, 0.1) is 6.54 Å². The Kier molecular flexibility index (Phi) is 5.87. The molecule has 1 aromatic rings. The van der Waals surface area contributed by atoms with Crippen LogP contribution in [0.1, 0.15) is 19.7 Å². The van der Waals surface area contributed by atoms with Gasteiger partial charge in [-0.2, -0.15) is 10.2 Å². The first-order chi connectivity index (χ1) is 9.42. The van der Waals surface area contributed by atoms with Crippen molar-refractivity contribution in [2.24, 2.45) is 5.92 Å². The van der Waals surface area contributed by atoms with Crippen LogP contribution in [0, 0.1) is 17.2 Å². The molecule has 0 aliphatic heterocycles. The molecule has 0 aliphatic rings. The second-order valence-corrected chi connectivity index (χ2v) is 5.13. The zero-order valence-corrected chi connectivity index (χ0v) is 12.3. The maximum Gasteiger partial charge on any atom is 0.252 e. The molecule has 1 rings (SSSR count). The van der Waals surface area contributed by atoms with Crippen molar-refractivity contribution in [2.75, 3.05) is 32.2 Å². The van der Waals surface area contributed by atoms with E-state index in [1.807, 2.05) is 34.0 Å². The van der Waals surface area contributed by atoms with Crippen molar-refractivity contribution in [2.45, 2.75) is 13.8 Å². The summed E-state index contributed by atoms with van der Waals surface area (Å²) in [5.41, 5.74) is 2.80. The van der Waals surface area contributed by atoms with Crippen LogP contribution in [0.2, 0.25) is 0 Å². The van der Waals surface area contributed by atoms with E-state index >= 15 is 0 Å². The topological polar surface area (TPSA) is 85.2 Å². The molecule has 0 bridgehead atoms. The van der Waals surface area contributed by atoms with Crippen LogP contribution in [0.4, 0.5) is 5.82 Å². The molecule has 20 heavy (non-hydrogen) atoms. The number of carbonyl (C=O) groups is 1. The lowest BCUT2D eigenvalue weighted by molar-refractivity contribution is -0.121. The second kappa shape index (κ2) is 7.40. The molecular weight excluding hydrogens is 256 g/mol. The molecule has 1 aromatic heterocycles. The molecular formula is C13H20N6O. The SMILES string of the molecule is CC(C)CN(NC(=O)CN(C)C)c1ccnc(C#N)n1. The summed E-state index contributed by atoms with van der Waals surface area (Å²) < 4.78 is 0. The van der Waals surface area contributed by atoms with Crippen molar-refractivity contribution in [3.8, 4) is 6.07 Å². The number of likely N-dealkylation sites (N-methyl/N-ethyl adjacent to an activating group) is 1. The summed E-state index contributed by atoms with van der Waals surface area (Å²) in [5, 5.41) is 10.5. The summed E-state index contributed by atoms with van der Waals surface area (Å²) in [4.78, 5) is 21.6. The fourth-order valence-electron chi connectivity index (χ4n) is 1.59. The van der Waals surface area contributed by atoms with Crippen molar-refractivity contribution >= 4 is 11.7 Å². The van der Waals surface area contributed by atoms with Crippen molar-refractivity contribution in [1.29, 1.82) is 5.26 Å². The highest BCUT2D eigenvalue weighted by Gasteiger charge is 2.14. The van der Waals surface area contributed by atoms with Gasteiger partial charge in [-0.05, 0) is 20.0 Å². The summed E-state index contributed by atoms with van der Waals surface area (Å²) in [6, 6.07) is 3.56. The molecule has 0 aromatic carbocycles. The standard InChI is InChI=1S/C13H20N6O/c1-10(2)8-19(17-13(20)9-18(3)4)12-5-6-15-11(7-14)16-12/h5-6,10H,8-9H2,1-4H3,(H,17,20). The molecule has 0 saturated carbocycles. The third kappa shape index (κ3) is 5.20. The van der Waals surface area contributed by atoms with Gasteiger partial charge in [-0.25, -0.2) is 4.98 Å². The van der Waals surface area contributed by atoms with Crippen molar-refractivity contribution < 1.29 is 4.79 Å². The summed E-state index contributed by atoms with van der Waals surface area (Å²) in [6.07, 6.45) is 1.51. The summed E-state index contributed by atoms with van der Waals surface area (Å²) in [5.74, 6) is 0.790. The average Bonchev–Trinajstić information content (AvgIpc) is 2.36. The van der Waals surface area contributed by atoms with Gasteiger partial charge in [-0.15, -0.1) is 0 Å². The number of rotatable bonds is 6. The molecule has 0 atom stereocenters. The van der Waals surface area contributed by atoms with Gasteiger partial charge < -0.3 is 4.90 Å². The lowest BCUT2D eigenvalue weighted by Crippen LogP contribution is -2.47. The predicted octanol–water partition coefficient (Wildman–Crippen LogP) is 0.403. The highest BCUT2D eigenvalue weighted by Crippen LogP contribution is 2.10. The van der Waals surface area contributed by atoms with E-state index in [-0.39, 0.29) is 18.3 Å². The van der Waals surface area contributed by atoms with Crippen LogP contribution in [-0.4, -0.2) is 48.0 Å². The van der Waals surface area contributed by atoms with Gasteiger partial charge in [0.1, 0.15) is 6.07 Å². The first-order valence-electron chi connectivity index (χ1n) is 6.37. The number of nitrogens with zero attached hydrogens (tertiary/aromatic N) is 5. The normalized spacial score (nSPS) is 10.4. The number of anilines is 1. The maximum atomic E-state index is 11.9. The van der Waals surface area contributed by atoms with Crippen LogP contribution in [0.5, 0.6) is 0 Å². The smallest absolute Gasteiger partial charge is 0.252 e. The summed E-state index contributed by atoms with van der Waals surface area (Å²) in [7, 11) is 3.65. The number of nitrogens with one attached hydrogen (secondary N) is 1. The van der Waals surface area contributed by atoms with Crippen LogP contribution in [0.25, 0.3) is 0 Å². The molecule has 1 N–H and O–H groups in total. The van der Waals surface area contributed by atoms with Gasteiger partial charge in [0.25, 0.3) is 5.91 Å². The molecule has 7 nitrogen and oxygen atoms in total. The molecule has 1 heterocycles. The number of hydrazine groups is 1. The number of nitriles is 1. The number of hydrogen-bond acceptors (Lipinski definition) is 6. The van der Waals surface area contributed by atoms with E-state index in [9.17, 15) is 4.79 Å². The molecule has 0 saturated heterocycles. The third-order valence-corrected chi connectivity index (χ3v) is 2.28. The first-order valence-corrected chi connectivity index (χ1v) is 6.37. The number of amides is 1. The number of hydrogen-bond donors (Lipinski definition) is 1. The Bertz CT molecular complexity index is 494. The van der Waals surface area contributed by atoms with Crippen LogP contribution < -0.4 is 10.4 Å². The molecule has 0 radical (unpaired) electrons. The lowest BCUT2D eigenvalue weighted by Gasteiger charge is -2.26. The van der Waals surface area contributed by atoms with E-state index in [1.165, 1.54) is 6.20 Å². The molecule has 0 fully saturated rings. The van der Waals surface area contributed by atoms with Gasteiger partial charge in [0.15, 0.2) is 5.82 Å². The van der Waals surface area contributed by atoms with Crippen LogP contribution in [0.3, 0.4) is 0 Å². The maximum absolute atomic E-state index is 11.9. The van der Waals surface area contributed by atoms with E-state index in [2.05, 4.69) is 15.4 Å².